The van der Waals surface area contributed by atoms with E-state index in [0.29, 0.717) is 0 Å². The van der Waals surface area contributed by atoms with Crippen molar-refractivity contribution in [2.45, 2.75) is 25.8 Å². The molecule has 0 saturated carbocycles. The van der Waals surface area contributed by atoms with Gasteiger partial charge in [0.1, 0.15) is 0 Å². The Labute approximate surface area is 95.8 Å². The second kappa shape index (κ2) is 7.70. The first-order chi connectivity index (χ1) is 7.33. The number of aromatic nitrogens is 3. The van der Waals surface area contributed by atoms with Gasteiger partial charge in [0.15, 0.2) is 0 Å². The molecule has 4 nitrogen and oxygen atoms in total. The van der Waals surface area contributed by atoms with Gasteiger partial charge < -0.3 is 5.32 Å². The average molecular weight is 228 g/mol. The van der Waals surface area contributed by atoms with Crippen LogP contribution < -0.4 is 5.32 Å². The molecule has 0 spiro atoms. The van der Waals surface area contributed by atoms with Crippen LogP contribution in [-0.2, 0) is 13.6 Å². The van der Waals surface area contributed by atoms with Gasteiger partial charge in [-0.1, -0.05) is 11.6 Å². The minimum Gasteiger partial charge on any atom is -0.311 e. The van der Waals surface area contributed by atoms with Crippen molar-refractivity contribution in [1.82, 2.24) is 20.3 Å². The van der Waals surface area contributed by atoms with Crippen LogP contribution in [-0.4, -0.2) is 33.5 Å². The average Bonchev–Trinajstić information content (AvgIpc) is 2.63. The van der Waals surface area contributed by atoms with Crippen molar-refractivity contribution in [3.8, 4) is 0 Å². The zero-order valence-corrected chi connectivity index (χ0v) is 10.4. The molecule has 0 aromatic carbocycles. The van der Waals surface area contributed by atoms with E-state index in [-0.39, 0.29) is 0 Å². The van der Waals surface area contributed by atoms with Gasteiger partial charge in [0.25, 0.3) is 0 Å². The normalized spacial score (nSPS) is 10.8. The molecule has 0 unspecified atom stereocenters. The van der Waals surface area contributed by atoms with Crippen molar-refractivity contribution in [2.75, 3.05) is 18.6 Å². The van der Waals surface area contributed by atoms with Crippen LogP contribution in [0.4, 0.5) is 0 Å². The Morgan fingerprint density at radius 1 is 1.40 bits per heavy atom. The Bertz CT molecular complexity index is 262. The lowest BCUT2D eigenvalue weighted by atomic mass is 10.2. The number of thioether (sulfide) groups is 1. The molecule has 1 rings (SSSR count). The first kappa shape index (κ1) is 12.5. The van der Waals surface area contributed by atoms with Crippen LogP contribution in [0.1, 0.15) is 25.0 Å². The minimum atomic E-state index is 0.830. The van der Waals surface area contributed by atoms with E-state index < -0.39 is 0 Å². The second-order valence-electron chi connectivity index (χ2n) is 3.61. The fraction of sp³-hybridized carbons (Fsp3) is 0.800. The summed E-state index contributed by atoms with van der Waals surface area (Å²) in [5.41, 5.74) is 1.02. The highest BCUT2D eigenvalue weighted by Crippen LogP contribution is 2.01. The Balaban J connectivity index is 1.93. The van der Waals surface area contributed by atoms with Gasteiger partial charge in [-0.25, -0.2) is 0 Å². The van der Waals surface area contributed by atoms with E-state index in [0.717, 1.165) is 18.8 Å². The maximum Gasteiger partial charge on any atom is 0.0964 e. The van der Waals surface area contributed by atoms with Gasteiger partial charge in [-0.15, -0.1) is 5.10 Å². The van der Waals surface area contributed by atoms with E-state index in [1.807, 2.05) is 25.0 Å². The van der Waals surface area contributed by atoms with Crippen LogP contribution in [0.15, 0.2) is 6.20 Å². The zero-order chi connectivity index (χ0) is 10.9. The fourth-order valence-electron chi connectivity index (χ4n) is 1.37. The summed E-state index contributed by atoms with van der Waals surface area (Å²) in [7, 11) is 1.89. The number of nitrogens with zero attached hydrogens (tertiary/aromatic N) is 3. The zero-order valence-electron chi connectivity index (χ0n) is 9.57. The third kappa shape index (κ3) is 5.79. The van der Waals surface area contributed by atoms with Gasteiger partial charge in [0.05, 0.1) is 5.69 Å². The molecule has 0 atom stereocenters. The van der Waals surface area contributed by atoms with Crippen LogP contribution in [0.25, 0.3) is 0 Å². The molecule has 1 N–H and O–H groups in total. The largest absolute Gasteiger partial charge is 0.311 e. The van der Waals surface area contributed by atoms with Crippen molar-refractivity contribution in [3.05, 3.63) is 11.9 Å². The fourth-order valence-corrected chi connectivity index (χ4v) is 1.86. The van der Waals surface area contributed by atoms with Crippen molar-refractivity contribution in [3.63, 3.8) is 0 Å². The van der Waals surface area contributed by atoms with E-state index in [1.165, 1.54) is 25.0 Å². The molecule has 1 aromatic heterocycles. The summed E-state index contributed by atoms with van der Waals surface area (Å²) in [5.74, 6) is 1.28. The van der Waals surface area contributed by atoms with Crippen LogP contribution >= 0.6 is 11.8 Å². The number of rotatable bonds is 8. The molecule has 0 bridgehead atoms. The molecule has 1 heterocycles. The highest BCUT2D eigenvalue weighted by atomic mass is 32.2. The number of aryl methyl sites for hydroxylation is 1. The number of nitrogens with one attached hydrogen (secondary N) is 1. The summed E-state index contributed by atoms with van der Waals surface area (Å²) in [4.78, 5) is 0. The molecular formula is C10H20N4S. The topological polar surface area (TPSA) is 42.7 Å². The van der Waals surface area contributed by atoms with E-state index in [2.05, 4.69) is 21.9 Å². The lowest BCUT2D eigenvalue weighted by Crippen LogP contribution is -2.14. The Kier molecular flexibility index (Phi) is 6.43. The summed E-state index contributed by atoms with van der Waals surface area (Å²) in [6.45, 7) is 1.90. The monoisotopic (exact) mass is 228 g/mol. The third-order valence-corrected chi connectivity index (χ3v) is 2.86. The Hall–Kier alpha value is -0.550. The highest BCUT2D eigenvalue weighted by molar-refractivity contribution is 7.98. The lowest BCUT2D eigenvalue weighted by molar-refractivity contribution is 0.611. The SMILES string of the molecule is CSCCCCCNCc1cn(C)nn1. The van der Waals surface area contributed by atoms with Gasteiger partial charge in [-0.2, -0.15) is 11.8 Å². The molecule has 1 aromatic rings. The maximum absolute atomic E-state index is 4.01. The van der Waals surface area contributed by atoms with Crippen LogP contribution in [0.3, 0.4) is 0 Å². The third-order valence-electron chi connectivity index (χ3n) is 2.16. The molecular weight excluding hydrogens is 208 g/mol. The molecule has 0 radical (unpaired) electrons. The first-order valence-electron chi connectivity index (χ1n) is 5.38. The minimum absolute atomic E-state index is 0.830. The molecule has 0 amide bonds. The quantitative estimate of drug-likeness (QED) is 0.684. The Morgan fingerprint density at radius 3 is 2.93 bits per heavy atom. The molecule has 0 aliphatic rings. The van der Waals surface area contributed by atoms with Crippen LogP contribution in [0.2, 0.25) is 0 Å². The predicted octanol–water partition coefficient (Wildman–Crippen LogP) is 1.44. The van der Waals surface area contributed by atoms with Crippen molar-refractivity contribution in [1.29, 1.82) is 0 Å². The maximum atomic E-state index is 4.01. The van der Waals surface area contributed by atoms with Crippen LogP contribution in [0.5, 0.6) is 0 Å². The summed E-state index contributed by atoms with van der Waals surface area (Å²) in [6.07, 6.45) is 8.00. The molecule has 0 aliphatic heterocycles. The lowest BCUT2D eigenvalue weighted by Gasteiger charge is -2.01. The highest BCUT2D eigenvalue weighted by Gasteiger charge is 1.96. The summed E-state index contributed by atoms with van der Waals surface area (Å²) in [6, 6.07) is 0. The Morgan fingerprint density at radius 2 is 2.27 bits per heavy atom. The summed E-state index contributed by atoms with van der Waals surface area (Å²) in [5, 5.41) is 11.3. The first-order valence-corrected chi connectivity index (χ1v) is 6.77. The number of hydrogen-bond acceptors (Lipinski definition) is 4. The molecule has 5 heteroatoms. The van der Waals surface area contributed by atoms with Crippen LogP contribution in [0, 0.1) is 0 Å². The summed E-state index contributed by atoms with van der Waals surface area (Å²) >= 11 is 1.92. The van der Waals surface area contributed by atoms with Gasteiger partial charge in [-0.3, -0.25) is 4.68 Å². The second-order valence-corrected chi connectivity index (χ2v) is 4.60. The molecule has 0 saturated heterocycles. The molecule has 0 aliphatic carbocycles. The number of hydrogen-bond donors (Lipinski definition) is 1. The van der Waals surface area contributed by atoms with Crippen molar-refractivity contribution < 1.29 is 0 Å². The van der Waals surface area contributed by atoms with E-state index in [4.69, 9.17) is 0 Å². The number of unbranched alkanes of at least 4 members (excludes halogenated alkanes) is 2. The standard InChI is InChI=1S/C10H20N4S/c1-14-9-10(12-13-14)8-11-6-4-3-5-7-15-2/h9,11H,3-8H2,1-2H3. The van der Waals surface area contributed by atoms with Gasteiger partial charge in [-0.05, 0) is 31.4 Å². The predicted molar refractivity (Wildman–Crippen MR) is 64.9 cm³/mol. The van der Waals surface area contributed by atoms with Crippen molar-refractivity contribution in [2.24, 2.45) is 7.05 Å². The van der Waals surface area contributed by atoms with E-state index in [1.54, 1.807) is 4.68 Å². The van der Waals surface area contributed by atoms with Gasteiger partial charge in [0.2, 0.25) is 0 Å². The molecule has 0 fully saturated rings. The van der Waals surface area contributed by atoms with E-state index in [9.17, 15) is 0 Å². The molecule has 86 valence electrons. The van der Waals surface area contributed by atoms with E-state index >= 15 is 0 Å². The van der Waals surface area contributed by atoms with Crippen molar-refractivity contribution >= 4 is 11.8 Å². The smallest absolute Gasteiger partial charge is 0.0964 e. The van der Waals surface area contributed by atoms with Gasteiger partial charge in [0, 0.05) is 19.8 Å². The van der Waals surface area contributed by atoms with Gasteiger partial charge >= 0.3 is 0 Å². The molecule has 15 heavy (non-hydrogen) atoms. The summed E-state index contributed by atoms with van der Waals surface area (Å²) < 4.78 is 1.73.